The number of carbonyl (C=O) groups excluding carboxylic acids is 1. The third-order valence-electron chi connectivity index (χ3n) is 4.26. The number of para-hydroxylation sites is 1. The molecule has 21 heavy (non-hydrogen) atoms. The number of benzene rings is 1. The van der Waals surface area contributed by atoms with Crippen molar-refractivity contribution >= 4 is 22.8 Å². The van der Waals surface area contributed by atoms with E-state index in [4.69, 9.17) is 5.73 Å². The maximum atomic E-state index is 11.2. The highest BCUT2D eigenvalue weighted by molar-refractivity contribution is 5.81. The predicted octanol–water partition coefficient (Wildman–Crippen LogP) is 2.39. The first kappa shape index (κ1) is 13.8. The highest BCUT2D eigenvalue weighted by Gasteiger charge is 2.25. The second kappa shape index (κ2) is 5.68. The largest absolute Gasteiger partial charge is 0.369 e. The number of nitrogens with one attached hydrogen (secondary N) is 1. The van der Waals surface area contributed by atoms with Gasteiger partial charge in [0.2, 0.25) is 11.9 Å². The fraction of sp³-hybridized carbons (Fsp3) is 0.438. The van der Waals surface area contributed by atoms with Gasteiger partial charge in [-0.3, -0.25) is 4.79 Å². The van der Waals surface area contributed by atoms with Crippen LogP contribution >= 0.6 is 0 Å². The minimum absolute atomic E-state index is 0.0299. The smallest absolute Gasteiger partial charge is 0.223 e. The molecule has 110 valence electrons. The number of carbonyl (C=O) groups is 1. The quantitative estimate of drug-likeness (QED) is 0.906. The van der Waals surface area contributed by atoms with Crippen LogP contribution in [0, 0.1) is 12.8 Å². The molecular formula is C16H20N4O. The Labute approximate surface area is 124 Å². The first-order valence-corrected chi connectivity index (χ1v) is 7.42. The van der Waals surface area contributed by atoms with Crippen molar-refractivity contribution in [3.8, 4) is 0 Å². The Morgan fingerprint density at radius 1 is 1.19 bits per heavy atom. The molecule has 0 bridgehead atoms. The summed E-state index contributed by atoms with van der Waals surface area (Å²) in [5, 5.41) is 4.48. The lowest BCUT2D eigenvalue weighted by Gasteiger charge is -2.27. The lowest BCUT2D eigenvalue weighted by atomic mass is 9.86. The maximum Gasteiger partial charge on any atom is 0.223 e. The summed E-state index contributed by atoms with van der Waals surface area (Å²) >= 11 is 0. The SMILES string of the molecule is Cc1nc(NC2CCC(C(N)=O)CC2)nc2ccccc12. The number of amides is 1. The minimum Gasteiger partial charge on any atom is -0.369 e. The Morgan fingerprint density at radius 3 is 2.62 bits per heavy atom. The molecule has 0 aliphatic heterocycles. The number of fused-ring (bicyclic) bond motifs is 1. The number of nitrogens with zero attached hydrogens (tertiary/aromatic N) is 2. The predicted molar refractivity (Wildman–Crippen MR) is 82.8 cm³/mol. The summed E-state index contributed by atoms with van der Waals surface area (Å²) in [5.74, 6) is 0.530. The van der Waals surface area contributed by atoms with E-state index >= 15 is 0 Å². The lowest BCUT2D eigenvalue weighted by Crippen LogP contribution is -2.32. The van der Waals surface area contributed by atoms with Crippen molar-refractivity contribution in [3.63, 3.8) is 0 Å². The van der Waals surface area contributed by atoms with Crippen LogP contribution in [0.5, 0.6) is 0 Å². The lowest BCUT2D eigenvalue weighted by molar-refractivity contribution is -0.122. The van der Waals surface area contributed by atoms with Gasteiger partial charge in [-0.2, -0.15) is 0 Å². The van der Waals surface area contributed by atoms with Crippen LogP contribution in [0.3, 0.4) is 0 Å². The van der Waals surface area contributed by atoms with E-state index in [1.54, 1.807) is 0 Å². The number of hydrogen-bond donors (Lipinski definition) is 2. The summed E-state index contributed by atoms with van der Waals surface area (Å²) in [7, 11) is 0. The third kappa shape index (κ3) is 2.96. The fourth-order valence-corrected chi connectivity index (χ4v) is 3.00. The van der Waals surface area contributed by atoms with Gasteiger partial charge in [0.25, 0.3) is 0 Å². The summed E-state index contributed by atoms with van der Waals surface area (Å²) in [6.45, 7) is 2.00. The molecule has 0 unspecified atom stereocenters. The van der Waals surface area contributed by atoms with Crippen LogP contribution in [-0.4, -0.2) is 21.9 Å². The molecule has 1 fully saturated rings. The van der Waals surface area contributed by atoms with Crippen molar-refractivity contribution in [2.24, 2.45) is 11.7 Å². The molecule has 1 aliphatic rings. The minimum atomic E-state index is -0.175. The van der Waals surface area contributed by atoms with Gasteiger partial charge in [-0.05, 0) is 38.7 Å². The van der Waals surface area contributed by atoms with Crippen LogP contribution in [0.4, 0.5) is 5.95 Å². The van der Waals surface area contributed by atoms with E-state index in [9.17, 15) is 4.79 Å². The van der Waals surface area contributed by atoms with Gasteiger partial charge in [0, 0.05) is 17.3 Å². The van der Waals surface area contributed by atoms with E-state index in [-0.39, 0.29) is 11.8 Å². The van der Waals surface area contributed by atoms with Crippen molar-refractivity contribution in [1.29, 1.82) is 0 Å². The van der Waals surface area contributed by atoms with E-state index in [0.717, 1.165) is 42.3 Å². The first-order chi connectivity index (χ1) is 10.1. The molecule has 3 N–H and O–H groups in total. The average molecular weight is 284 g/mol. The Kier molecular flexibility index (Phi) is 3.73. The van der Waals surface area contributed by atoms with Gasteiger partial charge >= 0.3 is 0 Å². The highest BCUT2D eigenvalue weighted by atomic mass is 16.1. The summed E-state index contributed by atoms with van der Waals surface area (Å²) < 4.78 is 0. The van der Waals surface area contributed by atoms with E-state index in [0.29, 0.717) is 12.0 Å². The Hall–Kier alpha value is -2.17. The fourth-order valence-electron chi connectivity index (χ4n) is 3.00. The van der Waals surface area contributed by atoms with Crippen molar-refractivity contribution in [2.75, 3.05) is 5.32 Å². The molecule has 1 amide bonds. The van der Waals surface area contributed by atoms with Crippen LogP contribution in [0.1, 0.15) is 31.4 Å². The van der Waals surface area contributed by atoms with Gasteiger partial charge in [-0.25, -0.2) is 9.97 Å². The molecule has 0 radical (unpaired) electrons. The molecule has 3 rings (SSSR count). The molecule has 1 aromatic carbocycles. The molecule has 1 saturated carbocycles. The summed E-state index contributed by atoms with van der Waals surface area (Å²) in [4.78, 5) is 20.3. The van der Waals surface area contributed by atoms with Gasteiger partial charge in [0.05, 0.1) is 11.2 Å². The summed E-state index contributed by atoms with van der Waals surface area (Å²) in [6, 6.07) is 8.33. The molecular weight excluding hydrogens is 264 g/mol. The number of primary amides is 1. The van der Waals surface area contributed by atoms with Gasteiger partial charge in [-0.1, -0.05) is 18.2 Å². The molecule has 1 aliphatic carbocycles. The van der Waals surface area contributed by atoms with Gasteiger partial charge in [-0.15, -0.1) is 0 Å². The van der Waals surface area contributed by atoms with Crippen LogP contribution in [0.2, 0.25) is 0 Å². The highest BCUT2D eigenvalue weighted by Crippen LogP contribution is 2.26. The van der Waals surface area contributed by atoms with Crippen molar-refractivity contribution in [3.05, 3.63) is 30.0 Å². The van der Waals surface area contributed by atoms with E-state index in [2.05, 4.69) is 15.3 Å². The van der Waals surface area contributed by atoms with Gasteiger partial charge in [0.15, 0.2) is 0 Å². The third-order valence-corrected chi connectivity index (χ3v) is 4.26. The van der Waals surface area contributed by atoms with Crippen LogP contribution in [-0.2, 0) is 4.79 Å². The number of aryl methyl sites for hydroxylation is 1. The molecule has 1 aromatic heterocycles. The van der Waals surface area contributed by atoms with Crippen LogP contribution < -0.4 is 11.1 Å². The topological polar surface area (TPSA) is 80.9 Å². The number of hydrogen-bond acceptors (Lipinski definition) is 4. The van der Waals surface area contributed by atoms with Crippen molar-refractivity contribution in [2.45, 2.75) is 38.6 Å². The summed E-state index contributed by atoms with van der Waals surface area (Å²) in [5.41, 5.74) is 7.30. The zero-order valence-electron chi connectivity index (χ0n) is 12.2. The zero-order chi connectivity index (χ0) is 14.8. The molecule has 0 spiro atoms. The van der Waals surface area contributed by atoms with Crippen LogP contribution in [0.25, 0.3) is 10.9 Å². The second-order valence-corrected chi connectivity index (χ2v) is 5.75. The number of anilines is 1. The molecule has 5 heteroatoms. The van der Waals surface area contributed by atoms with E-state index < -0.39 is 0 Å². The van der Waals surface area contributed by atoms with Gasteiger partial charge < -0.3 is 11.1 Å². The Bertz CT molecular complexity index is 662. The van der Waals surface area contributed by atoms with Crippen molar-refractivity contribution in [1.82, 2.24) is 9.97 Å². The Balaban J connectivity index is 1.73. The molecule has 0 atom stereocenters. The number of nitrogens with two attached hydrogens (primary N) is 1. The van der Waals surface area contributed by atoms with E-state index in [1.165, 1.54) is 0 Å². The Morgan fingerprint density at radius 2 is 1.90 bits per heavy atom. The van der Waals surface area contributed by atoms with Crippen molar-refractivity contribution < 1.29 is 4.79 Å². The maximum absolute atomic E-state index is 11.2. The van der Waals surface area contributed by atoms with Crippen LogP contribution in [0.15, 0.2) is 24.3 Å². The molecule has 2 aromatic rings. The standard InChI is InChI=1S/C16H20N4O/c1-10-13-4-2-3-5-14(13)20-16(18-10)19-12-8-6-11(7-9-12)15(17)21/h2-5,11-12H,6-9H2,1H3,(H2,17,21)(H,18,19,20). The van der Waals surface area contributed by atoms with Gasteiger partial charge in [0.1, 0.15) is 0 Å². The van der Waals surface area contributed by atoms with E-state index in [1.807, 2.05) is 31.2 Å². The average Bonchev–Trinajstić information content (AvgIpc) is 2.48. The normalized spacial score (nSPS) is 22.1. The monoisotopic (exact) mass is 284 g/mol. The first-order valence-electron chi connectivity index (χ1n) is 7.42. The molecule has 0 saturated heterocycles. The number of rotatable bonds is 3. The molecule has 1 heterocycles. The number of aromatic nitrogens is 2. The zero-order valence-corrected chi connectivity index (χ0v) is 12.2. The summed E-state index contributed by atoms with van der Waals surface area (Å²) in [6.07, 6.45) is 3.56. The molecule has 5 nitrogen and oxygen atoms in total. The second-order valence-electron chi connectivity index (χ2n) is 5.75.